The third kappa shape index (κ3) is 3.63. The van der Waals surface area contributed by atoms with E-state index < -0.39 is 0 Å². The van der Waals surface area contributed by atoms with Crippen LogP contribution in [0.3, 0.4) is 0 Å². The van der Waals surface area contributed by atoms with Gasteiger partial charge in [-0.25, -0.2) is 0 Å². The molecule has 0 aliphatic carbocycles. The number of aromatic amines is 1. The lowest BCUT2D eigenvalue weighted by Gasteiger charge is -2.03. The van der Waals surface area contributed by atoms with Gasteiger partial charge in [-0.3, -0.25) is 0 Å². The van der Waals surface area contributed by atoms with Crippen molar-refractivity contribution < 1.29 is 4.42 Å². The van der Waals surface area contributed by atoms with Gasteiger partial charge in [0, 0.05) is 27.7 Å². The number of rotatable bonds is 6. The zero-order chi connectivity index (χ0) is 17.1. The summed E-state index contributed by atoms with van der Waals surface area (Å²) in [6.07, 6.45) is 3.07. The molecular weight excluding hydrogens is 332 g/mol. The number of hydrogen-bond donors (Lipinski definition) is 2. The lowest BCUT2D eigenvalue weighted by Crippen LogP contribution is -2.16. The average molecular weight is 351 g/mol. The standard InChI is InChI=1S/C21H19ClN2O/c22-17-5-3-4-15(12-17)21-9-8-18(25-21)14-23-11-10-16-13-24-20-7-2-1-6-19(16)20/h1-9,12-13,23-24H,10-11,14H2. The van der Waals surface area contributed by atoms with Crippen molar-refractivity contribution in [2.45, 2.75) is 13.0 Å². The summed E-state index contributed by atoms with van der Waals surface area (Å²) in [6.45, 7) is 1.61. The molecular formula is C21H19ClN2O. The van der Waals surface area contributed by atoms with E-state index in [1.54, 1.807) is 0 Å². The van der Waals surface area contributed by atoms with Crippen LogP contribution in [-0.4, -0.2) is 11.5 Å². The number of para-hydroxylation sites is 1. The Labute approximate surface area is 151 Å². The summed E-state index contributed by atoms with van der Waals surface area (Å²) >= 11 is 6.04. The molecule has 0 aliphatic rings. The van der Waals surface area contributed by atoms with Crippen LogP contribution in [0.25, 0.3) is 22.2 Å². The summed E-state index contributed by atoms with van der Waals surface area (Å²) in [5.74, 6) is 1.77. The highest BCUT2D eigenvalue weighted by atomic mass is 35.5. The topological polar surface area (TPSA) is 41.0 Å². The van der Waals surface area contributed by atoms with Gasteiger partial charge in [0.25, 0.3) is 0 Å². The molecule has 0 unspecified atom stereocenters. The van der Waals surface area contributed by atoms with Crippen molar-refractivity contribution in [1.29, 1.82) is 0 Å². The first kappa shape index (κ1) is 16.0. The number of benzene rings is 2. The number of aromatic nitrogens is 1. The second kappa shape index (κ2) is 7.18. The van der Waals surface area contributed by atoms with Gasteiger partial charge >= 0.3 is 0 Å². The van der Waals surface area contributed by atoms with Crippen LogP contribution in [0.1, 0.15) is 11.3 Å². The maximum atomic E-state index is 6.04. The minimum atomic E-state index is 0.711. The van der Waals surface area contributed by atoms with Crippen LogP contribution in [0, 0.1) is 0 Å². The molecule has 0 amide bonds. The van der Waals surface area contributed by atoms with E-state index in [9.17, 15) is 0 Å². The Morgan fingerprint density at radius 3 is 2.84 bits per heavy atom. The summed E-state index contributed by atoms with van der Waals surface area (Å²) in [6, 6.07) is 20.1. The SMILES string of the molecule is Clc1cccc(-c2ccc(CNCCc3c[nH]c4ccccc34)o2)c1. The molecule has 0 fully saturated rings. The summed E-state index contributed by atoms with van der Waals surface area (Å²) in [5.41, 5.74) is 3.52. The molecule has 0 aliphatic heterocycles. The quantitative estimate of drug-likeness (QED) is 0.456. The number of fused-ring (bicyclic) bond motifs is 1. The van der Waals surface area contributed by atoms with Crippen LogP contribution in [0.4, 0.5) is 0 Å². The predicted molar refractivity (Wildman–Crippen MR) is 103 cm³/mol. The first-order valence-corrected chi connectivity index (χ1v) is 8.78. The van der Waals surface area contributed by atoms with Crippen molar-refractivity contribution in [1.82, 2.24) is 10.3 Å². The van der Waals surface area contributed by atoms with Gasteiger partial charge in [-0.05, 0) is 48.9 Å². The molecule has 3 nitrogen and oxygen atoms in total. The fourth-order valence-corrected chi connectivity index (χ4v) is 3.23. The van der Waals surface area contributed by atoms with Crippen LogP contribution in [0.15, 0.2) is 71.3 Å². The first-order chi connectivity index (χ1) is 12.3. The van der Waals surface area contributed by atoms with Crippen molar-refractivity contribution >= 4 is 22.5 Å². The Balaban J connectivity index is 1.33. The van der Waals surface area contributed by atoms with E-state index in [1.807, 2.05) is 36.4 Å². The maximum absolute atomic E-state index is 6.04. The molecule has 25 heavy (non-hydrogen) atoms. The molecule has 2 heterocycles. The second-order valence-corrected chi connectivity index (χ2v) is 6.50. The Bertz CT molecular complexity index is 986. The van der Waals surface area contributed by atoms with Gasteiger partial charge in [-0.2, -0.15) is 0 Å². The van der Waals surface area contributed by atoms with Crippen LogP contribution in [0.5, 0.6) is 0 Å². The zero-order valence-corrected chi connectivity index (χ0v) is 14.5. The molecule has 0 spiro atoms. The fraction of sp³-hybridized carbons (Fsp3) is 0.143. The van der Waals surface area contributed by atoms with E-state index in [4.69, 9.17) is 16.0 Å². The van der Waals surface area contributed by atoms with E-state index in [2.05, 4.69) is 40.8 Å². The van der Waals surface area contributed by atoms with Gasteiger partial charge in [0.05, 0.1) is 6.54 Å². The van der Waals surface area contributed by atoms with Gasteiger partial charge < -0.3 is 14.7 Å². The van der Waals surface area contributed by atoms with E-state index in [0.29, 0.717) is 11.6 Å². The minimum Gasteiger partial charge on any atom is -0.460 e. The number of hydrogen-bond acceptors (Lipinski definition) is 2. The monoisotopic (exact) mass is 350 g/mol. The smallest absolute Gasteiger partial charge is 0.134 e. The third-order valence-corrected chi connectivity index (χ3v) is 4.55. The van der Waals surface area contributed by atoms with Crippen LogP contribution in [-0.2, 0) is 13.0 Å². The van der Waals surface area contributed by atoms with Gasteiger partial charge in [-0.15, -0.1) is 0 Å². The van der Waals surface area contributed by atoms with Crippen molar-refractivity contribution in [2.24, 2.45) is 0 Å². The zero-order valence-electron chi connectivity index (χ0n) is 13.8. The Morgan fingerprint density at radius 2 is 1.92 bits per heavy atom. The molecule has 4 aromatic rings. The molecule has 0 saturated heterocycles. The van der Waals surface area contributed by atoms with Gasteiger partial charge in [0.15, 0.2) is 0 Å². The van der Waals surface area contributed by atoms with Crippen LogP contribution < -0.4 is 5.32 Å². The highest BCUT2D eigenvalue weighted by Gasteiger charge is 2.06. The summed E-state index contributed by atoms with van der Waals surface area (Å²) in [7, 11) is 0. The highest BCUT2D eigenvalue weighted by molar-refractivity contribution is 6.30. The molecule has 0 saturated carbocycles. The summed E-state index contributed by atoms with van der Waals surface area (Å²) in [5, 5.41) is 5.46. The lowest BCUT2D eigenvalue weighted by molar-refractivity contribution is 0.495. The average Bonchev–Trinajstić information content (AvgIpc) is 3.26. The fourth-order valence-electron chi connectivity index (χ4n) is 3.04. The molecule has 2 aromatic heterocycles. The number of H-pyrrole nitrogens is 1. The van der Waals surface area contributed by atoms with Crippen molar-refractivity contribution in [3.05, 3.63) is 83.2 Å². The molecule has 2 N–H and O–H groups in total. The molecule has 4 heteroatoms. The third-order valence-electron chi connectivity index (χ3n) is 4.32. The molecule has 0 bridgehead atoms. The van der Waals surface area contributed by atoms with Crippen molar-refractivity contribution in [2.75, 3.05) is 6.54 Å². The number of nitrogens with one attached hydrogen (secondary N) is 2. The van der Waals surface area contributed by atoms with E-state index in [1.165, 1.54) is 16.5 Å². The Hall–Kier alpha value is -2.49. The summed E-state index contributed by atoms with van der Waals surface area (Å²) in [4.78, 5) is 3.32. The number of halogens is 1. The highest BCUT2D eigenvalue weighted by Crippen LogP contribution is 2.24. The lowest BCUT2D eigenvalue weighted by atomic mass is 10.1. The van der Waals surface area contributed by atoms with Crippen molar-refractivity contribution in [3.8, 4) is 11.3 Å². The van der Waals surface area contributed by atoms with Crippen LogP contribution >= 0.6 is 11.6 Å². The molecule has 0 atom stereocenters. The van der Waals surface area contributed by atoms with Gasteiger partial charge in [0.1, 0.15) is 11.5 Å². The molecule has 4 rings (SSSR count). The van der Waals surface area contributed by atoms with Crippen molar-refractivity contribution in [3.63, 3.8) is 0 Å². The number of furan rings is 1. The van der Waals surface area contributed by atoms with Gasteiger partial charge in [-0.1, -0.05) is 41.9 Å². The maximum Gasteiger partial charge on any atom is 0.134 e. The molecule has 0 radical (unpaired) electrons. The van der Waals surface area contributed by atoms with Crippen LogP contribution in [0.2, 0.25) is 5.02 Å². The molecule has 126 valence electrons. The predicted octanol–water partition coefficient (Wildman–Crippen LogP) is 5.41. The summed E-state index contributed by atoms with van der Waals surface area (Å²) < 4.78 is 5.90. The van der Waals surface area contributed by atoms with E-state index >= 15 is 0 Å². The largest absolute Gasteiger partial charge is 0.460 e. The minimum absolute atomic E-state index is 0.711. The first-order valence-electron chi connectivity index (χ1n) is 8.40. The van der Waals surface area contributed by atoms with E-state index in [0.717, 1.165) is 30.0 Å². The Morgan fingerprint density at radius 1 is 1.00 bits per heavy atom. The Kier molecular flexibility index (Phi) is 4.59. The van der Waals surface area contributed by atoms with Gasteiger partial charge in [0.2, 0.25) is 0 Å². The molecule has 2 aromatic carbocycles. The normalized spacial score (nSPS) is 11.2. The second-order valence-electron chi connectivity index (χ2n) is 6.06. The van der Waals surface area contributed by atoms with E-state index in [-0.39, 0.29) is 0 Å².